The van der Waals surface area contributed by atoms with Gasteiger partial charge in [0.05, 0.1) is 6.04 Å². The zero-order valence-corrected chi connectivity index (χ0v) is 13.2. The minimum Gasteiger partial charge on any atom is -0.320 e. The number of halogens is 1. The van der Waals surface area contributed by atoms with Crippen molar-refractivity contribution in [3.05, 3.63) is 46.7 Å². The number of nitrogens with one attached hydrogen (secondary N) is 2. The Morgan fingerprint density at radius 2 is 2.32 bits per heavy atom. The fraction of sp³-hybridized carbons (Fsp3) is 0.375. The van der Waals surface area contributed by atoms with E-state index in [0.29, 0.717) is 22.4 Å². The van der Waals surface area contributed by atoms with Gasteiger partial charge in [0, 0.05) is 23.5 Å². The van der Waals surface area contributed by atoms with E-state index >= 15 is 0 Å². The molecule has 1 aromatic carbocycles. The lowest BCUT2D eigenvalue weighted by Crippen LogP contribution is -2.32. The predicted molar refractivity (Wildman–Crippen MR) is 87.5 cm³/mol. The van der Waals surface area contributed by atoms with Gasteiger partial charge in [0.1, 0.15) is 0 Å². The number of hydrogen-bond donors (Lipinski definition) is 2. The summed E-state index contributed by atoms with van der Waals surface area (Å²) in [5.41, 5.74) is 2.10. The molecule has 1 fully saturated rings. The molecule has 2 N–H and O–H groups in total. The molecule has 0 bridgehead atoms. The maximum Gasteiger partial charge on any atom is 0.276 e. The third-order valence-corrected chi connectivity index (χ3v) is 4.17. The highest BCUT2D eigenvalue weighted by molar-refractivity contribution is 6.31. The average Bonchev–Trinajstić information content (AvgIpc) is 3.02. The zero-order valence-electron chi connectivity index (χ0n) is 12.5. The van der Waals surface area contributed by atoms with E-state index < -0.39 is 0 Å². The summed E-state index contributed by atoms with van der Waals surface area (Å²) in [5, 5.41) is 11.2. The van der Waals surface area contributed by atoms with Gasteiger partial charge in [0.25, 0.3) is 5.91 Å². The van der Waals surface area contributed by atoms with Gasteiger partial charge in [-0.25, -0.2) is 0 Å². The maximum absolute atomic E-state index is 12.3. The number of benzene rings is 1. The molecule has 5 nitrogen and oxygen atoms in total. The summed E-state index contributed by atoms with van der Waals surface area (Å²) in [7, 11) is 0. The third kappa shape index (κ3) is 3.31. The number of anilines is 1. The minimum absolute atomic E-state index is 0.215. The van der Waals surface area contributed by atoms with Crippen LogP contribution in [0, 0.1) is 6.92 Å². The van der Waals surface area contributed by atoms with Crippen molar-refractivity contribution in [3.63, 3.8) is 0 Å². The van der Waals surface area contributed by atoms with Gasteiger partial charge in [-0.05, 0) is 50.1 Å². The molecule has 1 aliphatic rings. The Hall–Kier alpha value is -1.85. The molecule has 1 aliphatic heterocycles. The lowest BCUT2D eigenvalue weighted by atomic mass is 10.1. The van der Waals surface area contributed by atoms with Gasteiger partial charge < -0.3 is 10.6 Å². The molecular formula is C16H19ClN4O. The fourth-order valence-corrected chi connectivity index (χ4v) is 2.81. The average molecular weight is 319 g/mol. The molecule has 1 aromatic heterocycles. The second-order valence-electron chi connectivity index (χ2n) is 5.59. The summed E-state index contributed by atoms with van der Waals surface area (Å²) in [6.07, 6.45) is 4.09. The van der Waals surface area contributed by atoms with Crippen LogP contribution in [0.5, 0.6) is 0 Å². The van der Waals surface area contributed by atoms with Crippen molar-refractivity contribution in [2.24, 2.45) is 0 Å². The molecule has 2 heterocycles. The molecule has 6 heteroatoms. The van der Waals surface area contributed by atoms with Crippen LogP contribution < -0.4 is 10.6 Å². The Morgan fingerprint density at radius 3 is 3.09 bits per heavy atom. The van der Waals surface area contributed by atoms with Crippen LogP contribution in [0.15, 0.2) is 30.5 Å². The number of rotatable bonds is 3. The number of aromatic nitrogens is 2. The summed E-state index contributed by atoms with van der Waals surface area (Å²) < 4.78 is 1.88. The smallest absolute Gasteiger partial charge is 0.276 e. The van der Waals surface area contributed by atoms with Gasteiger partial charge in [-0.1, -0.05) is 17.7 Å². The number of carbonyl (C=O) groups is 1. The summed E-state index contributed by atoms with van der Waals surface area (Å²) in [5.74, 6) is -0.215. The van der Waals surface area contributed by atoms with Gasteiger partial charge in [-0.2, -0.15) is 5.10 Å². The highest BCUT2D eigenvalue weighted by Gasteiger charge is 2.18. The first-order chi connectivity index (χ1) is 10.6. The lowest BCUT2D eigenvalue weighted by molar-refractivity contribution is 0.102. The largest absolute Gasteiger partial charge is 0.320 e. The Bertz CT molecular complexity index is 677. The van der Waals surface area contributed by atoms with E-state index in [2.05, 4.69) is 15.7 Å². The van der Waals surface area contributed by atoms with E-state index in [9.17, 15) is 4.79 Å². The van der Waals surface area contributed by atoms with Crippen molar-refractivity contribution in [2.45, 2.75) is 25.8 Å². The zero-order chi connectivity index (χ0) is 15.5. The lowest BCUT2D eigenvalue weighted by Gasteiger charge is -2.22. The van der Waals surface area contributed by atoms with Crippen LogP contribution in [0.4, 0.5) is 5.69 Å². The van der Waals surface area contributed by atoms with Crippen LogP contribution >= 0.6 is 11.6 Å². The number of piperidine rings is 1. The van der Waals surface area contributed by atoms with Crippen molar-refractivity contribution in [2.75, 3.05) is 18.4 Å². The molecule has 1 saturated heterocycles. The molecule has 0 saturated carbocycles. The van der Waals surface area contributed by atoms with Crippen molar-refractivity contribution in [1.82, 2.24) is 15.1 Å². The van der Waals surface area contributed by atoms with Crippen LogP contribution in [0.25, 0.3) is 0 Å². The van der Waals surface area contributed by atoms with Gasteiger partial charge in [-0.3, -0.25) is 9.48 Å². The molecular weight excluding hydrogens is 300 g/mol. The Labute approximate surface area is 134 Å². The van der Waals surface area contributed by atoms with Crippen LogP contribution in [0.3, 0.4) is 0 Å². The maximum atomic E-state index is 12.3. The Balaban J connectivity index is 1.72. The standard InChI is InChI=1S/C16H19ClN4O/c1-11-4-5-12(17)9-15(11)19-16(22)14-6-8-21(20-14)13-3-2-7-18-10-13/h4-6,8-9,13,18H,2-3,7,10H2,1H3,(H,19,22). The summed E-state index contributed by atoms with van der Waals surface area (Å²) in [6, 6.07) is 7.51. The molecule has 1 unspecified atom stereocenters. The SMILES string of the molecule is Cc1ccc(Cl)cc1NC(=O)c1ccn(C2CCCNC2)n1. The molecule has 116 valence electrons. The monoisotopic (exact) mass is 318 g/mol. The van der Waals surface area contributed by atoms with Gasteiger partial charge >= 0.3 is 0 Å². The van der Waals surface area contributed by atoms with E-state index in [1.54, 1.807) is 18.2 Å². The normalized spacial score (nSPS) is 18.2. The molecule has 0 radical (unpaired) electrons. The Kier molecular flexibility index (Phi) is 4.45. The number of carbonyl (C=O) groups excluding carboxylic acids is 1. The molecule has 2 aromatic rings. The van der Waals surface area contributed by atoms with Crippen LogP contribution in [-0.2, 0) is 0 Å². The quantitative estimate of drug-likeness (QED) is 0.914. The highest BCUT2D eigenvalue weighted by Crippen LogP contribution is 2.21. The third-order valence-electron chi connectivity index (χ3n) is 3.93. The first-order valence-corrected chi connectivity index (χ1v) is 7.84. The molecule has 22 heavy (non-hydrogen) atoms. The van der Waals surface area contributed by atoms with E-state index in [4.69, 9.17) is 11.6 Å². The van der Waals surface area contributed by atoms with E-state index in [1.807, 2.05) is 23.9 Å². The van der Waals surface area contributed by atoms with Crippen molar-refractivity contribution >= 4 is 23.2 Å². The first kappa shape index (κ1) is 15.1. The molecule has 0 aliphatic carbocycles. The van der Waals surface area contributed by atoms with Crippen LogP contribution in [0.1, 0.15) is 34.9 Å². The van der Waals surface area contributed by atoms with E-state index in [-0.39, 0.29) is 5.91 Å². The molecule has 0 spiro atoms. The number of aryl methyl sites for hydroxylation is 1. The first-order valence-electron chi connectivity index (χ1n) is 7.47. The number of nitrogens with zero attached hydrogens (tertiary/aromatic N) is 2. The summed E-state index contributed by atoms with van der Waals surface area (Å²) >= 11 is 5.97. The fourth-order valence-electron chi connectivity index (χ4n) is 2.64. The number of hydrogen-bond acceptors (Lipinski definition) is 3. The predicted octanol–water partition coefficient (Wildman–Crippen LogP) is 3.02. The topological polar surface area (TPSA) is 59.0 Å². The molecule has 1 atom stereocenters. The van der Waals surface area contributed by atoms with E-state index in [0.717, 1.165) is 31.5 Å². The van der Waals surface area contributed by atoms with Crippen molar-refractivity contribution < 1.29 is 4.79 Å². The second-order valence-corrected chi connectivity index (χ2v) is 6.03. The minimum atomic E-state index is -0.215. The summed E-state index contributed by atoms with van der Waals surface area (Å²) in [4.78, 5) is 12.3. The van der Waals surface area contributed by atoms with Crippen molar-refractivity contribution in [1.29, 1.82) is 0 Å². The molecule has 1 amide bonds. The van der Waals surface area contributed by atoms with Gasteiger partial charge in [-0.15, -0.1) is 0 Å². The van der Waals surface area contributed by atoms with Gasteiger partial charge in [0.2, 0.25) is 0 Å². The molecule has 3 rings (SSSR count). The number of amides is 1. The van der Waals surface area contributed by atoms with Crippen LogP contribution in [0.2, 0.25) is 5.02 Å². The summed E-state index contributed by atoms with van der Waals surface area (Å²) in [6.45, 7) is 3.88. The van der Waals surface area contributed by atoms with Crippen LogP contribution in [-0.4, -0.2) is 28.8 Å². The second kappa shape index (κ2) is 6.50. The van der Waals surface area contributed by atoms with E-state index in [1.165, 1.54) is 0 Å². The van der Waals surface area contributed by atoms with Crippen molar-refractivity contribution in [3.8, 4) is 0 Å². The highest BCUT2D eigenvalue weighted by atomic mass is 35.5. The Morgan fingerprint density at radius 1 is 1.45 bits per heavy atom. The van der Waals surface area contributed by atoms with Gasteiger partial charge in [0.15, 0.2) is 5.69 Å².